The number of hydrogen-bond donors (Lipinski definition) is 0. The van der Waals surface area contributed by atoms with E-state index in [9.17, 15) is 39.5 Å². The van der Waals surface area contributed by atoms with Crippen molar-refractivity contribution >= 4 is 33.5 Å². The Labute approximate surface area is 348 Å². The number of nitrogens with zero attached hydrogens (tertiary/aromatic N) is 9. The van der Waals surface area contributed by atoms with Crippen LogP contribution in [0.2, 0.25) is 0 Å². The van der Waals surface area contributed by atoms with E-state index in [-0.39, 0.29) is 84.7 Å². The summed E-state index contributed by atoms with van der Waals surface area (Å²) < 4.78 is 136. The molecule has 0 spiro atoms. The van der Waals surface area contributed by atoms with E-state index in [2.05, 4.69) is 15.0 Å². The van der Waals surface area contributed by atoms with Crippen LogP contribution in [0.1, 0.15) is 16.7 Å². The van der Waals surface area contributed by atoms with Crippen molar-refractivity contribution in [3.63, 3.8) is 0 Å². The first-order valence-corrected chi connectivity index (χ1v) is 18.8. The van der Waals surface area contributed by atoms with Crippen molar-refractivity contribution in [2.45, 2.75) is 18.5 Å². The molecule has 63 heavy (non-hydrogen) atoms. The highest BCUT2D eigenvalue weighted by atomic mass is 19.4. The number of imidazole rings is 3. The normalized spacial score (nSPS) is 12.5. The molecule has 10 rings (SSSR count). The van der Waals surface area contributed by atoms with Crippen LogP contribution >= 0.6 is 0 Å². The van der Waals surface area contributed by atoms with Gasteiger partial charge in [-0.25, -0.2) is 29.9 Å². The quantitative estimate of drug-likeness (QED) is 0.155. The second-order valence-corrected chi connectivity index (χ2v) is 14.2. The van der Waals surface area contributed by atoms with Gasteiger partial charge < -0.3 is 0 Å². The second kappa shape index (κ2) is 14.4. The SMILES string of the molecule is FC(F)(F)c1ccccc1-n1c(-c2cc(-c3nc4cccnc4n3-c3ccccc3C(F)(F)F)cc(-c3nc4cccnc4n3-c3ccccc3C(F)(F)F)c2)nc2cccnc21. The van der Waals surface area contributed by atoms with Gasteiger partial charge in [-0.15, -0.1) is 0 Å². The monoisotopic (exact) mass is 861 g/mol. The lowest BCUT2D eigenvalue weighted by molar-refractivity contribution is -0.138. The molecule has 312 valence electrons. The first-order chi connectivity index (χ1) is 30.2. The average Bonchev–Trinajstić information content (AvgIpc) is 3.97. The van der Waals surface area contributed by atoms with Gasteiger partial charge in [-0.1, -0.05) is 36.4 Å². The van der Waals surface area contributed by atoms with Crippen molar-refractivity contribution in [2.24, 2.45) is 0 Å². The third kappa shape index (κ3) is 6.70. The first-order valence-electron chi connectivity index (χ1n) is 18.8. The summed E-state index contributed by atoms with van der Waals surface area (Å²) in [6.45, 7) is 0. The van der Waals surface area contributed by atoms with Crippen LogP contribution in [0.15, 0.2) is 146 Å². The fourth-order valence-electron chi connectivity index (χ4n) is 7.74. The Morgan fingerprint density at radius 2 is 0.603 bits per heavy atom. The van der Waals surface area contributed by atoms with Gasteiger partial charge in [0.05, 0.1) is 33.8 Å². The van der Waals surface area contributed by atoms with Crippen LogP contribution in [-0.2, 0) is 18.5 Å². The molecule has 0 saturated heterocycles. The Balaban J connectivity index is 1.35. The topological polar surface area (TPSA) is 92.1 Å². The minimum atomic E-state index is -4.85. The van der Waals surface area contributed by atoms with E-state index in [4.69, 9.17) is 15.0 Å². The molecule has 0 saturated carbocycles. The van der Waals surface area contributed by atoms with Crippen molar-refractivity contribution in [1.82, 2.24) is 43.6 Å². The van der Waals surface area contributed by atoms with Gasteiger partial charge in [0, 0.05) is 35.3 Å². The van der Waals surface area contributed by atoms with Crippen molar-refractivity contribution in [2.75, 3.05) is 0 Å². The molecule has 0 amide bonds. The van der Waals surface area contributed by atoms with Crippen LogP contribution in [0.25, 0.3) is 84.7 Å². The molecule has 0 radical (unpaired) electrons. The standard InChI is InChI=1S/C45H24F9N9/c46-43(47,48)28-10-1-4-16-34(28)61-37(58-31-13-7-19-55-40(31)61)25-22-26(38-59-32-14-8-20-56-41(32)62(38)35-17-5-2-11-29(35)44(49,50)51)24-27(23-25)39-60-33-15-9-21-57-42(33)63(39)36-18-6-3-12-30(36)45(52,53)54/h1-24H. The molecule has 0 fully saturated rings. The van der Waals surface area contributed by atoms with E-state index in [1.807, 2.05) is 0 Å². The molecule has 0 aliphatic rings. The zero-order valence-electron chi connectivity index (χ0n) is 31.8. The van der Waals surface area contributed by atoms with Crippen LogP contribution in [0.3, 0.4) is 0 Å². The second-order valence-electron chi connectivity index (χ2n) is 14.2. The Morgan fingerprint density at radius 3 is 0.873 bits per heavy atom. The molecule has 0 N–H and O–H groups in total. The third-order valence-corrected chi connectivity index (χ3v) is 10.3. The first kappa shape index (κ1) is 39.3. The summed E-state index contributed by atoms with van der Waals surface area (Å²) in [5.74, 6) is -0.302. The van der Waals surface area contributed by atoms with Crippen LogP contribution in [0.4, 0.5) is 39.5 Å². The fourth-order valence-corrected chi connectivity index (χ4v) is 7.74. The Hall–Kier alpha value is -7.89. The minimum absolute atomic E-state index is 0.0299. The summed E-state index contributed by atoms with van der Waals surface area (Å²) in [7, 11) is 0. The maximum Gasteiger partial charge on any atom is 0.418 e. The van der Waals surface area contributed by atoms with Gasteiger partial charge in [0.25, 0.3) is 0 Å². The molecule has 0 bridgehead atoms. The summed E-state index contributed by atoms with van der Waals surface area (Å²) in [5, 5.41) is 0. The maximum absolute atomic E-state index is 14.7. The molecular formula is C45H24F9N9. The lowest BCUT2D eigenvalue weighted by Gasteiger charge is -2.19. The predicted octanol–water partition coefficient (Wildman–Crippen LogP) is 11.9. The highest BCUT2D eigenvalue weighted by Crippen LogP contribution is 2.43. The van der Waals surface area contributed by atoms with Crippen LogP contribution in [0.5, 0.6) is 0 Å². The van der Waals surface area contributed by atoms with Crippen LogP contribution in [-0.4, -0.2) is 43.6 Å². The van der Waals surface area contributed by atoms with Gasteiger partial charge in [0.15, 0.2) is 16.9 Å². The van der Waals surface area contributed by atoms with Crippen molar-refractivity contribution in [3.8, 4) is 51.2 Å². The summed E-state index contributed by atoms with van der Waals surface area (Å²) in [6.07, 6.45) is -10.4. The molecule has 6 aromatic heterocycles. The van der Waals surface area contributed by atoms with E-state index in [0.717, 1.165) is 18.2 Å². The number of alkyl halides is 9. The lowest BCUT2D eigenvalue weighted by atomic mass is 10.0. The van der Waals surface area contributed by atoms with E-state index >= 15 is 0 Å². The summed E-state index contributed by atoms with van der Waals surface area (Å²) in [4.78, 5) is 27.4. The van der Waals surface area contributed by atoms with Gasteiger partial charge in [-0.3, -0.25) is 13.7 Å². The minimum Gasteiger partial charge on any atom is -0.276 e. The van der Waals surface area contributed by atoms with Crippen molar-refractivity contribution < 1.29 is 39.5 Å². The van der Waals surface area contributed by atoms with E-state index in [0.29, 0.717) is 0 Å². The van der Waals surface area contributed by atoms with E-state index < -0.39 is 35.2 Å². The lowest BCUT2D eigenvalue weighted by Crippen LogP contribution is -2.12. The molecule has 18 heteroatoms. The number of pyridine rings is 3. The van der Waals surface area contributed by atoms with E-state index in [1.54, 1.807) is 36.4 Å². The number of hydrogen-bond acceptors (Lipinski definition) is 6. The molecule has 0 aliphatic heterocycles. The number of aromatic nitrogens is 9. The van der Waals surface area contributed by atoms with Crippen molar-refractivity contribution in [3.05, 3.63) is 163 Å². The molecule has 10 aromatic rings. The van der Waals surface area contributed by atoms with Gasteiger partial charge in [-0.05, 0) is 91.0 Å². The molecule has 0 atom stereocenters. The van der Waals surface area contributed by atoms with Crippen molar-refractivity contribution in [1.29, 1.82) is 0 Å². The third-order valence-electron chi connectivity index (χ3n) is 10.3. The molecular weight excluding hydrogens is 838 g/mol. The maximum atomic E-state index is 14.7. The van der Waals surface area contributed by atoms with Gasteiger partial charge in [-0.2, -0.15) is 39.5 Å². The Morgan fingerprint density at radius 1 is 0.333 bits per heavy atom. The predicted molar refractivity (Wildman–Crippen MR) is 215 cm³/mol. The van der Waals surface area contributed by atoms with Crippen LogP contribution < -0.4 is 0 Å². The number of fused-ring (bicyclic) bond motifs is 3. The number of halogens is 9. The fraction of sp³-hybridized carbons (Fsp3) is 0.0667. The summed E-state index contributed by atoms with van der Waals surface area (Å²) >= 11 is 0. The zero-order valence-corrected chi connectivity index (χ0v) is 31.8. The molecule has 6 heterocycles. The van der Waals surface area contributed by atoms with Gasteiger partial charge in [0.2, 0.25) is 0 Å². The Kier molecular flexibility index (Phi) is 8.95. The largest absolute Gasteiger partial charge is 0.418 e. The highest BCUT2D eigenvalue weighted by Gasteiger charge is 2.38. The van der Waals surface area contributed by atoms with E-state index in [1.165, 1.54) is 105 Å². The average molecular weight is 862 g/mol. The molecule has 0 unspecified atom stereocenters. The molecule has 0 aliphatic carbocycles. The van der Waals surface area contributed by atoms with Gasteiger partial charge >= 0.3 is 18.5 Å². The Bertz CT molecular complexity index is 3030. The van der Waals surface area contributed by atoms with Crippen LogP contribution in [0, 0.1) is 0 Å². The molecule has 4 aromatic carbocycles. The number of para-hydroxylation sites is 3. The summed E-state index contributed by atoms with van der Waals surface area (Å²) in [6, 6.07) is 28.0. The molecule has 9 nitrogen and oxygen atoms in total. The number of benzene rings is 4. The number of rotatable bonds is 6. The highest BCUT2D eigenvalue weighted by molar-refractivity contribution is 5.88. The smallest absolute Gasteiger partial charge is 0.276 e. The van der Waals surface area contributed by atoms with Gasteiger partial charge in [0.1, 0.15) is 34.0 Å². The summed E-state index contributed by atoms with van der Waals surface area (Å²) in [5.41, 5.74) is -3.27. The zero-order chi connectivity index (χ0) is 43.8.